The Morgan fingerprint density at radius 2 is 1.53 bits per heavy atom. The molecule has 32 heavy (non-hydrogen) atoms. The first-order valence-corrected chi connectivity index (χ1v) is 10.5. The fourth-order valence-electron chi connectivity index (χ4n) is 3.83. The number of nitrogens with zero attached hydrogens (tertiary/aromatic N) is 3. The van der Waals surface area contributed by atoms with Crippen LogP contribution >= 0.6 is 0 Å². The van der Waals surface area contributed by atoms with E-state index in [0.717, 1.165) is 30.1 Å². The summed E-state index contributed by atoms with van der Waals surface area (Å²) in [5.74, 6) is 2.06. The van der Waals surface area contributed by atoms with Gasteiger partial charge in [-0.1, -0.05) is 6.07 Å². The van der Waals surface area contributed by atoms with E-state index in [1.165, 1.54) is 0 Å². The van der Waals surface area contributed by atoms with Gasteiger partial charge in [-0.05, 0) is 54.6 Å². The number of ether oxygens (including phenoxy) is 3. The molecule has 166 valence electrons. The van der Waals surface area contributed by atoms with Crippen LogP contribution in [0.3, 0.4) is 0 Å². The molecule has 0 N–H and O–H groups in total. The van der Waals surface area contributed by atoms with Gasteiger partial charge in [0.2, 0.25) is 0 Å². The fraction of sp³-hybridized carbons (Fsp3) is 0.280. The number of methoxy groups -OCH3 is 3. The van der Waals surface area contributed by atoms with Gasteiger partial charge >= 0.3 is 0 Å². The zero-order valence-electron chi connectivity index (χ0n) is 18.6. The van der Waals surface area contributed by atoms with Crippen LogP contribution in [-0.2, 0) is 0 Å². The van der Waals surface area contributed by atoms with Crippen molar-refractivity contribution in [2.75, 3.05) is 52.4 Å². The van der Waals surface area contributed by atoms with Crippen molar-refractivity contribution in [3.63, 3.8) is 0 Å². The second-order valence-corrected chi connectivity index (χ2v) is 7.46. The highest BCUT2D eigenvalue weighted by Crippen LogP contribution is 2.31. The number of anilines is 1. The molecule has 2 aromatic carbocycles. The lowest BCUT2D eigenvalue weighted by atomic mass is 10.1. The van der Waals surface area contributed by atoms with Crippen LogP contribution in [0.5, 0.6) is 17.2 Å². The Kier molecular flexibility index (Phi) is 6.44. The summed E-state index contributed by atoms with van der Waals surface area (Å²) in [7, 11) is 4.86. The van der Waals surface area contributed by atoms with E-state index < -0.39 is 0 Å². The maximum atomic E-state index is 13.1. The normalized spacial score (nSPS) is 13.6. The van der Waals surface area contributed by atoms with E-state index >= 15 is 0 Å². The molecule has 0 unspecified atom stereocenters. The topological polar surface area (TPSA) is 64.1 Å². The van der Waals surface area contributed by atoms with Crippen molar-refractivity contribution < 1.29 is 19.0 Å². The summed E-state index contributed by atoms with van der Waals surface area (Å²) in [6.07, 6.45) is 0. The lowest BCUT2D eigenvalue weighted by Gasteiger charge is -2.36. The highest BCUT2D eigenvalue weighted by Gasteiger charge is 2.23. The number of benzene rings is 2. The molecule has 7 nitrogen and oxygen atoms in total. The average molecular weight is 434 g/mol. The van der Waals surface area contributed by atoms with Crippen molar-refractivity contribution in [1.82, 2.24) is 9.88 Å². The molecule has 3 aromatic rings. The number of carbonyl (C=O) groups is 1. The van der Waals surface area contributed by atoms with Crippen molar-refractivity contribution in [3.8, 4) is 28.5 Å². The minimum absolute atomic E-state index is 0.0540. The second kappa shape index (κ2) is 9.60. The number of amides is 1. The van der Waals surface area contributed by atoms with Gasteiger partial charge in [-0.15, -0.1) is 0 Å². The van der Waals surface area contributed by atoms with Crippen LogP contribution in [0.15, 0.2) is 60.7 Å². The van der Waals surface area contributed by atoms with Crippen molar-refractivity contribution in [1.29, 1.82) is 0 Å². The van der Waals surface area contributed by atoms with Crippen LogP contribution in [0.1, 0.15) is 10.5 Å². The second-order valence-electron chi connectivity index (χ2n) is 7.46. The summed E-state index contributed by atoms with van der Waals surface area (Å²) in [6.45, 7) is 2.83. The minimum Gasteiger partial charge on any atom is -0.497 e. The smallest absolute Gasteiger partial charge is 0.272 e. The molecular weight excluding hydrogens is 406 g/mol. The molecule has 0 atom stereocenters. The number of piperazine rings is 1. The van der Waals surface area contributed by atoms with Crippen LogP contribution < -0.4 is 19.1 Å². The molecule has 1 saturated heterocycles. The van der Waals surface area contributed by atoms with Gasteiger partial charge in [-0.3, -0.25) is 4.79 Å². The standard InChI is InChI=1S/C25H27N3O4/c1-30-20-10-8-19(9-11-20)27-13-15-28(16-14-27)25(29)22-6-4-5-21(26-22)18-7-12-23(31-2)24(17-18)32-3/h4-12,17H,13-16H2,1-3H3. The Balaban J connectivity index is 1.45. The molecule has 1 fully saturated rings. The lowest BCUT2D eigenvalue weighted by molar-refractivity contribution is 0.0741. The van der Waals surface area contributed by atoms with Gasteiger partial charge in [0.1, 0.15) is 11.4 Å². The molecule has 0 spiro atoms. The van der Waals surface area contributed by atoms with Crippen LogP contribution in [0.4, 0.5) is 5.69 Å². The van der Waals surface area contributed by atoms with Crippen molar-refractivity contribution >= 4 is 11.6 Å². The van der Waals surface area contributed by atoms with E-state index in [1.807, 2.05) is 59.5 Å². The van der Waals surface area contributed by atoms with E-state index in [4.69, 9.17) is 14.2 Å². The monoisotopic (exact) mass is 433 g/mol. The van der Waals surface area contributed by atoms with Crippen molar-refractivity contribution in [2.24, 2.45) is 0 Å². The summed E-state index contributed by atoms with van der Waals surface area (Å²) < 4.78 is 15.9. The highest BCUT2D eigenvalue weighted by atomic mass is 16.5. The molecule has 0 saturated carbocycles. The van der Waals surface area contributed by atoms with Gasteiger partial charge in [0.05, 0.1) is 27.0 Å². The number of rotatable bonds is 6. The van der Waals surface area contributed by atoms with Crippen LogP contribution in [0, 0.1) is 0 Å². The Morgan fingerprint density at radius 3 is 2.19 bits per heavy atom. The van der Waals surface area contributed by atoms with Crippen molar-refractivity contribution in [2.45, 2.75) is 0 Å². The summed E-state index contributed by atoms with van der Waals surface area (Å²) in [5, 5.41) is 0. The molecule has 0 radical (unpaired) electrons. The van der Waals surface area contributed by atoms with E-state index in [9.17, 15) is 4.79 Å². The van der Waals surface area contributed by atoms with Gasteiger partial charge in [-0.2, -0.15) is 0 Å². The molecule has 4 rings (SSSR count). The predicted octanol–water partition coefficient (Wildman–Crippen LogP) is 3.74. The molecule has 1 aliphatic heterocycles. The zero-order chi connectivity index (χ0) is 22.5. The minimum atomic E-state index is -0.0540. The number of hydrogen-bond donors (Lipinski definition) is 0. The molecule has 1 aromatic heterocycles. The predicted molar refractivity (Wildman–Crippen MR) is 124 cm³/mol. The fourth-order valence-corrected chi connectivity index (χ4v) is 3.83. The Labute approximate surface area is 188 Å². The number of carbonyl (C=O) groups excluding carboxylic acids is 1. The molecular formula is C25H27N3O4. The number of hydrogen-bond acceptors (Lipinski definition) is 6. The third-order valence-corrected chi connectivity index (χ3v) is 5.65. The quantitative estimate of drug-likeness (QED) is 0.590. The Bertz CT molecular complexity index is 1080. The maximum Gasteiger partial charge on any atom is 0.272 e. The van der Waals surface area contributed by atoms with Crippen LogP contribution in [0.25, 0.3) is 11.3 Å². The van der Waals surface area contributed by atoms with E-state index in [1.54, 1.807) is 27.4 Å². The summed E-state index contributed by atoms with van der Waals surface area (Å²) in [4.78, 5) is 21.9. The lowest BCUT2D eigenvalue weighted by Crippen LogP contribution is -2.49. The molecule has 0 aliphatic carbocycles. The van der Waals surface area contributed by atoms with E-state index in [2.05, 4.69) is 9.88 Å². The van der Waals surface area contributed by atoms with Gasteiger partial charge < -0.3 is 24.0 Å². The van der Waals surface area contributed by atoms with Gasteiger partial charge in [0, 0.05) is 37.4 Å². The number of aromatic nitrogens is 1. The van der Waals surface area contributed by atoms with Gasteiger partial charge in [-0.25, -0.2) is 4.98 Å². The first kappa shape index (κ1) is 21.5. The van der Waals surface area contributed by atoms with Gasteiger partial charge in [0.15, 0.2) is 11.5 Å². The molecule has 7 heteroatoms. The first-order valence-electron chi connectivity index (χ1n) is 10.5. The van der Waals surface area contributed by atoms with E-state index in [-0.39, 0.29) is 5.91 Å². The van der Waals surface area contributed by atoms with Crippen LogP contribution in [-0.4, -0.2) is 63.3 Å². The van der Waals surface area contributed by atoms with Crippen molar-refractivity contribution in [3.05, 3.63) is 66.4 Å². The van der Waals surface area contributed by atoms with E-state index in [0.29, 0.717) is 36.0 Å². The molecule has 0 bridgehead atoms. The third kappa shape index (κ3) is 4.46. The third-order valence-electron chi connectivity index (χ3n) is 5.65. The molecule has 2 heterocycles. The molecule has 1 aliphatic rings. The van der Waals surface area contributed by atoms with Crippen LogP contribution in [0.2, 0.25) is 0 Å². The first-order chi connectivity index (χ1) is 15.6. The Morgan fingerprint density at radius 1 is 0.812 bits per heavy atom. The van der Waals surface area contributed by atoms with Gasteiger partial charge in [0.25, 0.3) is 5.91 Å². The maximum absolute atomic E-state index is 13.1. The molecule has 1 amide bonds. The average Bonchev–Trinajstić information content (AvgIpc) is 2.88. The summed E-state index contributed by atoms with van der Waals surface area (Å²) in [6, 6.07) is 19.1. The summed E-state index contributed by atoms with van der Waals surface area (Å²) in [5.41, 5.74) is 3.15. The highest BCUT2D eigenvalue weighted by molar-refractivity contribution is 5.93. The zero-order valence-corrected chi connectivity index (χ0v) is 18.6. The SMILES string of the molecule is COc1ccc(N2CCN(C(=O)c3cccc(-c4ccc(OC)c(OC)c4)n3)CC2)cc1. The summed E-state index contributed by atoms with van der Waals surface area (Å²) >= 11 is 0. The Hall–Kier alpha value is -3.74. The number of pyridine rings is 1. The largest absolute Gasteiger partial charge is 0.497 e.